The molecule has 1 fully saturated rings. The van der Waals surface area contributed by atoms with Gasteiger partial charge in [-0.2, -0.15) is 0 Å². The third-order valence-corrected chi connectivity index (χ3v) is 1.33. The van der Waals surface area contributed by atoms with Crippen LogP contribution in [0.1, 0.15) is 12.8 Å². The zero-order valence-electron chi connectivity index (χ0n) is 6.23. The summed E-state index contributed by atoms with van der Waals surface area (Å²) >= 11 is 0. The maximum atomic E-state index is 10.7. The van der Waals surface area contributed by atoms with Crippen molar-refractivity contribution in [1.29, 1.82) is 0 Å². The van der Waals surface area contributed by atoms with Gasteiger partial charge in [0.25, 0.3) is 0 Å². The molecule has 74 valence electrons. The summed E-state index contributed by atoms with van der Waals surface area (Å²) in [7, 11) is 13.4. The van der Waals surface area contributed by atoms with Crippen molar-refractivity contribution >= 4 is 36.3 Å². The van der Waals surface area contributed by atoms with Crippen LogP contribution < -0.4 is 0 Å². The zero-order chi connectivity index (χ0) is 9.56. The molecule has 1 saturated heterocycles. The van der Waals surface area contributed by atoms with Crippen LogP contribution in [0.5, 0.6) is 0 Å². The molecule has 0 aromatic carbocycles. The van der Waals surface area contributed by atoms with E-state index in [1.54, 1.807) is 11.1 Å². The van der Waals surface area contributed by atoms with Gasteiger partial charge in [0.05, 0.1) is 0 Å². The Morgan fingerprint density at radius 2 is 2.00 bits per heavy atom. The van der Waals surface area contributed by atoms with E-state index >= 15 is 0 Å². The molecule has 0 unspecified atom stereocenters. The van der Waals surface area contributed by atoms with Crippen molar-refractivity contribution in [3.8, 4) is 0 Å². The molecule has 0 aromatic heterocycles. The first-order chi connectivity index (χ1) is 5.57. The molecule has 0 aliphatic carbocycles. The molecule has 0 radical (unpaired) electrons. The van der Waals surface area contributed by atoms with E-state index in [0.29, 0.717) is 6.42 Å². The molecule has 12 heavy (non-hydrogen) atoms. The molecule has 1 aliphatic heterocycles. The van der Waals surface area contributed by atoms with E-state index < -0.39 is 10.9 Å². The molecule has 0 spiro atoms. The standard InChI is InChI=1S/C6H9NO.3ClH.Co/c1-2-7-5-3-4-6(7)8;;;;/h2H,1,3-5H2;3*1H;/q;;;;+3/p-3. The van der Waals surface area contributed by atoms with Crippen LogP contribution in [0.2, 0.25) is 0 Å². The summed E-state index contributed by atoms with van der Waals surface area (Å²) in [6, 6.07) is 0. The topological polar surface area (TPSA) is 20.3 Å². The third kappa shape index (κ3) is 6.14. The van der Waals surface area contributed by atoms with Gasteiger partial charge in [-0.05, 0) is 12.6 Å². The number of likely N-dealkylation sites (tertiary alicyclic amines) is 1. The Kier molecular flexibility index (Phi) is 7.38. The fourth-order valence-corrected chi connectivity index (χ4v) is 0.862. The van der Waals surface area contributed by atoms with Crippen LogP contribution in [0.15, 0.2) is 12.8 Å². The van der Waals surface area contributed by atoms with Crippen molar-refractivity contribution < 1.29 is 15.7 Å². The van der Waals surface area contributed by atoms with Crippen LogP contribution in [0.3, 0.4) is 0 Å². The first-order valence-electron chi connectivity index (χ1n) is 3.14. The van der Waals surface area contributed by atoms with Gasteiger partial charge < -0.3 is 4.90 Å². The number of carbonyl (C=O) groups excluding carboxylic acids is 1. The van der Waals surface area contributed by atoms with Gasteiger partial charge in [0, 0.05) is 13.0 Å². The van der Waals surface area contributed by atoms with Crippen LogP contribution in [-0.4, -0.2) is 17.4 Å². The molecule has 1 aliphatic rings. The maximum absolute atomic E-state index is 10.7. The van der Waals surface area contributed by atoms with Gasteiger partial charge in [-0.1, -0.05) is 6.58 Å². The van der Waals surface area contributed by atoms with E-state index in [2.05, 4.69) is 6.58 Å². The van der Waals surface area contributed by atoms with Crippen molar-refractivity contribution in [2.75, 3.05) is 6.54 Å². The summed E-state index contributed by atoms with van der Waals surface area (Å²) in [5.74, 6) is 0.208. The van der Waals surface area contributed by atoms with Crippen molar-refractivity contribution in [1.82, 2.24) is 4.90 Å². The van der Waals surface area contributed by atoms with E-state index in [1.165, 1.54) is 0 Å². The number of amides is 1. The molecule has 2 nitrogen and oxygen atoms in total. The second-order valence-electron chi connectivity index (χ2n) is 2.02. The summed E-state index contributed by atoms with van der Waals surface area (Å²) in [6.45, 7) is 4.36. The quantitative estimate of drug-likeness (QED) is 0.721. The molecule has 1 amide bonds. The summed E-state index contributed by atoms with van der Waals surface area (Å²) < 4.78 is 0. The number of rotatable bonds is 1. The number of carbonyl (C=O) groups is 1. The van der Waals surface area contributed by atoms with E-state index in [9.17, 15) is 4.79 Å². The Labute approximate surface area is 89.0 Å². The predicted octanol–water partition coefficient (Wildman–Crippen LogP) is 2.82. The fraction of sp³-hybridized carbons (Fsp3) is 0.500. The summed E-state index contributed by atoms with van der Waals surface area (Å²) in [5, 5.41) is 0. The molecule has 6 heteroatoms. The van der Waals surface area contributed by atoms with Crippen LogP contribution >= 0.6 is 30.4 Å². The minimum absolute atomic E-state index is 0.208. The molecule has 0 saturated carbocycles. The molecule has 1 rings (SSSR count). The molecule has 0 N–H and O–H groups in total. The average molecular weight is 276 g/mol. The van der Waals surface area contributed by atoms with Crippen molar-refractivity contribution in [2.45, 2.75) is 12.8 Å². The minimum atomic E-state index is -1.19. The van der Waals surface area contributed by atoms with Crippen LogP contribution in [0.4, 0.5) is 0 Å². The monoisotopic (exact) mass is 275 g/mol. The second-order valence-corrected chi connectivity index (χ2v) is 7.17. The molecule has 0 bridgehead atoms. The Hall–Kier alpha value is 0.586. The Morgan fingerprint density at radius 1 is 1.50 bits per heavy atom. The first-order valence-corrected chi connectivity index (χ1v) is 7.44. The molecular weight excluding hydrogens is 267 g/mol. The van der Waals surface area contributed by atoms with Gasteiger partial charge >= 0.3 is 41.4 Å². The van der Waals surface area contributed by atoms with Crippen LogP contribution in [-0.2, 0) is 15.7 Å². The molecular formula is C6H9Cl3CoNO. The summed E-state index contributed by atoms with van der Waals surface area (Å²) in [5.41, 5.74) is 0. The van der Waals surface area contributed by atoms with Gasteiger partial charge in [-0.3, -0.25) is 4.79 Å². The summed E-state index contributed by atoms with van der Waals surface area (Å²) in [4.78, 5) is 12.3. The van der Waals surface area contributed by atoms with Gasteiger partial charge in [0.2, 0.25) is 5.91 Å². The van der Waals surface area contributed by atoms with Crippen molar-refractivity contribution in [3.63, 3.8) is 0 Å². The first kappa shape index (κ1) is 12.6. The predicted molar refractivity (Wildman–Crippen MR) is 48.7 cm³/mol. The Bertz CT molecular complexity index is 162. The van der Waals surface area contributed by atoms with Crippen LogP contribution in [0.25, 0.3) is 0 Å². The summed E-state index contributed by atoms with van der Waals surface area (Å²) in [6.07, 6.45) is 3.28. The number of nitrogens with zero attached hydrogens (tertiary/aromatic N) is 1. The average Bonchev–Trinajstić information content (AvgIpc) is 2.33. The van der Waals surface area contributed by atoms with Gasteiger partial charge in [0.15, 0.2) is 0 Å². The fourth-order valence-electron chi connectivity index (χ4n) is 0.862. The van der Waals surface area contributed by atoms with E-state index in [4.69, 9.17) is 30.4 Å². The second kappa shape index (κ2) is 7.03. The third-order valence-electron chi connectivity index (χ3n) is 1.33. The van der Waals surface area contributed by atoms with E-state index in [1.807, 2.05) is 0 Å². The molecule has 1 heterocycles. The number of hydrogen-bond acceptors (Lipinski definition) is 1. The number of hydrogen-bond donors (Lipinski definition) is 0. The Morgan fingerprint density at radius 3 is 2.17 bits per heavy atom. The van der Waals surface area contributed by atoms with Gasteiger partial charge in [0.1, 0.15) is 0 Å². The van der Waals surface area contributed by atoms with Crippen molar-refractivity contribution in [3.05, 3.63) is 12.8 Å². The number of halogens is 3. The van der Waals surface area contributed by atoms with Gasteiger partial charge in [-0.15, -0.1) is 0 Å². The van der Waals surface area contributed by atoms with Gasteiger partial charge in [-0.25, -0.2) is 0 Å². The van der Waals surface area contributed by atoms with Crippen LogP contribution in [0, 0.1) is 0 Å². The van der Waals surface area contributed by atoms with E-state index in [0.717, 1.165) is 13.0 Å². The molecule has 0 atom stereocenters. The zero-order valence-corrected chi connectivity index (χ0v) is 9.54. The normalized spacial score (nSPS) is 16.8. The van der Waals surface area contributed by atoms with Crippen molar-refractivity contribution in [2.24, 2.45) is 0 Å². The molecule has 0 aromatic rings. The van der Waals surface area contributed by atoms with E-state index in [-0.39, 0.29) is 5.91 Å². The SMILES string of the molecule is C=CN1CCCC1=O.[Cl][Co]([Cl])[Cl]. The Balaban J connectivity index is 0.000000261.